The number of rotatable bonds is 22. The zero-order valence-corrected chi connectivity index (χ0v) is 77.9. The van der Waals surface area contributed by atoms with E-state index in [9.17, 15) is 52.1 Å². The molecule has 724 valence electrons. The van der Waals surface area contributed by atoms with E-state index in [0.717, 1.165) is 61.2 Å². The molecule has 12 aromatic carbocycles. The van der Waals surface area contributed by atoms with Gasteiger partial charge in [0.2, 0.25) is 0 Å². The Balaban J connectivity index is 0.000000133. The van der Waals surface area contributed by atoms with E-state index in [0.29, 0.717) is 108 Å². The maximum Gasteiger partial charge on any atom is 0.329 e. The molecule has 4 atom stereocenters. The second-order valence-electron chi connectivity index (χ2n) is 32.7. The van der Waals surface area contributed by atoms with Crippen molar-refractivity contribution in [1.29, 1.82) is 21.0 Å². The first-order valence-corrected chi connectivity index (χ1v) is 44.6. The number of phenols is 1. The van der Waals surface area contributed by atoms with Crippen LogP contribution in [0.25, 0.3) is 44.4 Å². The largest absolute Gasteiger partial charge is 0.504 e. The fraction of sp³-hybridized carbons (Fsp3) is 0.208. The van der Waals surface area contributed by atoms with Crippen LogP contribution < -0.4 is 52.8 Å². The monoisotopic (exact) mass is 1960 g/mol. The maximum atomic E-state index is 13.7. The minimum atomic E-state index is -1.05. The van der Waals surface area contributed by atoms with Gasteiger partial charge in [-0.1, -0.05) is 72.8 Å². The molecule has 0 radical (unpaired) electrons. The smallest absolute Gasteiger partial charge is 0.329 e. The fourth-order valence-corrected chi connectivity index (χ4v) is 16.9. The minimum Gasteiger partial charge on any atom is -0.504 e. The molecule has 0 saturated carbocycles. The summed E-state index contributed by atoms with van der Waals surface area (Å²) in [6.45, 7) is 1.66. The Labute approximate surface area is 817 Å². The van der Waals surface area contributed by atoms with Crippen molar-refractivity contribution in [1.82, 2.24) is 19.9 Å². The number of carbonyl (C=O) groups excluding carboxylic acids is 2. The molecule has 3 N–H and O–H groups in total. The molecule has 0 unspecified atom stereocenters. The number of nitriles is 4. The third-order valence-electron chi connectivity index (χ3n) is 24.1. The molecule has 0 spiro atoms. The van der Waals surface area contributed by atoms with Gasteiger partial charge in [-0.3, -0.25) is 0 Å². The van der Waals surface area contributed by atoms with Crippen LogP contribution in [0.15, 0.2) is 236 Å². The molecule has 16 aromatic rings. The standard InChI is InChI=1S/C27H22FN3O5.2C26H20FN3O5.C19H17FN2O5.C8H6ClN/c1-33-23-10-7-18-14-31(27-30-21-9-8-19(28)11-24(21)36-27)22(26(32)34-2)12-20(18)25(23)35-15-17-5-3-16(13-29)4-6-17;2*1-33-22-9-6-17-13-30(26-29-20-8-7-18(27)10-23(20)35-26)21(25(31)32)11-19(17)24(22)34-14-16-4-2-15(12-28)3-5-16;1-25-15-6-3-10-9-22(14(18(24)26-2)8-12(10)17(15)23)19-21-13-5-4-11(20)7-16(13)27-19;9-5-7-1-3-8(6-10)4-2-7/h3-11,22H,12,14-15H2,1-2H3;2*2-10,21H,11,13-14H2,1H3,(H,31,32);3-7,14,23H,8-9H2,1-2H3;1-4H,5H2/t22-;2*21-;14-;/m0000./s1. The van der Waals surface area contributed by atoms with Crippen LogP contribution in [-0.4, -0.2) is 126 Å². The second kappa shape index (κ2) is 43.8. The van der Waals surface area contributed by atoms with Crippen LogP contribution in [0.3, 0.4) is 0 Å². The van der Waals surface area contributed by atoms with E-state index in [1.165, 1.54) is 108 Å². The zero-order chi connectivity index (χ0) is 101. The van der Waals surface area contributed by atoms with Crippen molar-refractivity contribution in [2.75, 3.05) is 62.3 Å². The topological polar surface area (TPSA) is 424 Å². The molecule has 32 nitrogen and oxygen atoms in total. The van der Waals surface area contributed by atoms with Crippen molar-refractivity contribution in [3.05, 3.63) is 331 Å². The van der Waals surface area contributed by atoms with E-state index in [4.69, 9.17) is 92.9 Å². The number of hydrogen-bond donors (Lipinski definition) is 3. The molecule has 4 aliphatic rings. The molecule has 0 amide bonds. The van der Waals surface area contributed by atoms with E-state index in [2.05, 4.69) is 38.1 Å². The number of hydrogen-bond acceptors (Lipinski definition) is 30. The van der Waals surface area contributed by atoms with Crippen molar-refractivity contribution in [3.8, 4) is 70.3 Å². The van der Waals surface area contributed by atoms with Gasteiger partial charge in [0, 0.05) is 104 Å². The van der Waals surface area contributed by atoms with Crippen LogP contribution in [0, 0.1) is 68.6 Å². The predicted molar refractivity (Wildman–Crippen MR) is 511 cm³/mol. The molecule has 0 saturated heterocycles. The summed E-state index contributed by atoms with van der Waals surface area (Å²) in [5.41, 5.74) is 15.2. The average molecular weight is 1960 g/mol. The van der Waals surface area contributed by atoms with Gasteiger partial charge in [0.15, 0.2) is 68.3 Å². The first-order chi connectivity index (χ1) is 69.3. The van der Waals surface area contributed by atoms with Gasteiger partial charge < -0.3 is 95.2 Å². The lowest BCUT2D eigenvalue weighted by molar-refractivity contribution is -0.143. The van der Waals surface area contributed by atoms with Gasteiger partial charge in [-0.15, -0.1) is 11.6 Å². The zero-order valence-electron chi connectivity index (χ0n) is 77.1. The Kier molecular flexibility index (Phi) is 30.0. The molecule has 8 heterocycles. The first kappa shape index (κ1) is 98.0. The van der Waals surface area contributed by atoms with E-state index in [1.807, 2.05) is 60.7 Å². The number of carboxylic acid groups (broad SMARTS) is 2. The van der Waals surface area contributed by atoms with Crippen LogP contribution in [-0.2, 0) is 106 Å². The van der Waals surface area contributed by atoms with E-state index in [1.54, 1.807) is 118 Å². The summed E-state index contributed by atoms with van der Waals surface area (Å²) < 4.78 is 127. The van der Waals surface area contributed by atoms with E-state index < -0.39 is 71.3 Å². The van der Waals surface area contributed by atoms with Crippen LogP contribution in [0.2, 0.25) is 0 Å². The number of alkyl halides is 1. The lowest BCUT2D eigenvalue weighted by Gasteiger charge is -2.35. The van der Waals surface area contributed by atoms with Crippen molar-refractivity contribution in [3.63, 3.8) is 0 Å². The van der Waals surface area contributed by atoms with Crippen LogP contribution in [0.4, 0.5) is 41.6 Å². The molecular formula is C106H85ClF4N12O20. The van der Waals surface area contributed by atoms with Crippen LogP contribution >= 0.6 is 11.6 Å². The number of halogens is 5. The van der Waals surface area contributed by atoms with E-state index >= 15 is 0 Å². The number of carbonyl (C=O) groups is 4. The summed E-state index contributed by atoms with van der Waals surface area (Å²) in [6.07, 6.45) is 0.697. The molecule has 0 aliphatic carbocycles. The van der Waals surface area contributed by atoms with Gasteiger partial charge in [-0.25, -0.2) is 36.7 Å². The van der Waals surface area contributed by atoms with Gasteiger partial charge in [-0.2, -0.15) is 41.0 Å². The number of aromatic nitrogens is 4. The Hall–Kier alpha value is -18.0. The predicted octanol–water partition coefficient (Wildman–Crippen LogP) is 18.5. The lowest BCUT2D eigenvalue weighted by atomic mass is 9.92. The minimum absolute atomic E-state index is 0.00295. The highest BCUT2D eigenvalue weighted by atomic mass is 35.5. The van der Waals surface area contributed by atoms with E-state index in [-0.39, 0.29) is 112 Å². The molecule has 0 fully saturated rings. The summed E-state index contributed by atoms with van der Waals surface area (Å²) in [6, 6.07) is 64.4. The van der Waals surface area contributed by atoms with Crippen LogP contribution in [0.1, 0.15) is 89.0 Å². The number of anilines is 4. The van der Waals surface area contributed by atoms with Gasteiger partial charge in [0.25, 0.3) is 24.1 Å². The van der Waals surface area contributed by atoms with Crippen molar-refractivity contribution >= 4 is 104 Å². The summed E-state index contributed by atoms with van der Waals surface area (Å²) in [4.78, 5) is 73.8. The number of aliphatic carboxylic acids is 2. The number of fused-ring (bicyclic) bond motifs is 8. The number of phenolic OH excluding ortho intramolecular Hbond substituents is 1. The van der Waals surface area contributed by atoms with Gasteiger partial charge in [0.05, 0.1) is 89.2 Å². The third kappa shape index (κ3) is 21.8. The molecule has 143 heavy (non-hydrogen) atoms. The number of ether oxygens (including phenoxy) is 9. The third-order valence-corrected chi connectivity index (χ3v) is 24.4. The molecule has 4 aromatic heterocycles. The highest BCUT2D eigenvalue weighted by Crippen LogP contribution is 2.46. The Bertz CT molecular complexity index is 7430. The van der Waals surface area contributed by atoms with Gasteiger partial charge in [-0.05, 0) is 166 Å². The second-order valence-corrected chi connectivity index (χ2v) is 33.0. The summed E-state index contributed by atoms with van der Waals surface area (Å²) >= 11 is 5.54. The van der Waals surface area contributed by atoms with Gasteiger partial charge >= 0.3 is 23.9 Å². The van der Waals surface area contributed by atoms with Crippen molar-refractivity contribution in [2.24, 2.45) is 0 Å². The highest BCUT2D eigenvalue weighted by Gasteiger charge is 2.43. The number of carboxylic acids is 2. The number of esters is 2. The number of aromatic hydroxyl groups is 1. The lowest BCUT2D eigenvalue weighted by Crippen LogP contribution is -2.46. The van der Waals surface area contributed by atoms with Gasteiger partial charge in [0.1, 0.15) is 89.3 Å². The molecule has 20 rings (SSSR count). The van der Waals surface area contributed by atoms with Crippen molar-refractivity contribution < 1.29 is 112 Å². The Morgan fingerprint density at radius 2 is 0.608 bits per heavy atom. The molecule has 37 heteroatoms. The normalized spacial score (nSPS) is 14.7. The number of oxazole rings is 4. The SMILES string of the molecule is COC(=O)[C@@H]1Cc2c(ccc(OC)c2O)CN1c1nc2ccc(F)cc2o1.COC(=O)[C@@H]1Cc2c(ccc(OC)c2OCc2ccc(C#N)cc2)CN1c1nc2ccc(F)cc2o1.COc1ccc2c(c1OCc1ccc(C#N)cc1)C[C@@H](C(=O)O)N(c1nc3ccc(F)cc3o1)C2.COc1ccc2c(c1OCc1ccc(C#N)cc1)C[C@@H](C(=O)O)N(c1nc3ccc(F)cc3o1)C2.N#Cc1ccc(CCl)cc1. The maximum absolute atomic E-state index is 13.7. The van der Waals surface area contributed by atoms with Crippen LogP contribution in [0.5, 0.6) is 46.0 Å². The molecule has 0 bridgehead atoms. The first-order valence-electron chi connectivity index (χ1n) is 44.1. The highest BCUT2D eigenvalue weighted by molar-refractivity contribution is 6.17. The quantitative estimate of drug-likeness (QED) is 0.0322. The Morgan fingerprint density at radius 1 is 0.357 bits per heavy atom. The Morgan fingerprint density at radius 3 is 0.867 bits per heavy atom. The number of nitrogens with zero attached hydrogens (tertiary/aromatic N) is 12. The van der Waals surface area contributed by atoms with Crippen molar-refractivity contribution in [2.45, 2.75) is 102 Å². The number of benzene rings is 12. The summed E-state index contributed by atoms with van der Waals surface area (Å²) in [5.74, 6) is -1.00. The molecule has 4 aliphatic heterocycles. The summed E-state index contributed by atoms with van der Waals surface area (Å²) in [5, 5.41) is 65.9. The number of methoxy groups -OCH3 is 6. The average Bonchev–Trinajstić information content (AvgIpc) is 1.76. The molecular weight excluding hydrogens is 1870 g/mol. The fourth-order valence-electron chi connectivity index (χ4n) is 16.7. The summed E-state index contributed by atoms with van der Waals surface area (Å²) in [7, 11) is 8.69.